The topological polar surface area (TPSA) is 102 Å². The van der Waals surface area contributed by atoms with Crippen molar-refractivity contribution in [1.29, 1.82) is 0 Å². The van der Waals surface area contributed by atoms with Crippen LogP contribution < -0.4 is 0 Å². The van der Waals surface area contributed by atoms with Gasteiger partial charge in [0, 0.05) is 35.3 Å². The fourth-order valence-corrected chi connectivity index (χ4v) is 5.78. The summed E-state index contributed by atoms with van der Waals surface area (Å²) < 4.78 is 4.52. The third-order valence-corrected chi connectivity index (χ3v) is 8.15. The summed E-state index contributed by atoms with van der Waals surface area (Å²) in [4.78, 5) is 27.9. The van der Waals surface area contributed by atoms with E-state index in [9.17, 15) is 9.59 Å². The number of hydrogen-bond acceptors (Lipinski definition) is 7. The molecule has 10 nitrogen and oxygen atoms in total. The molecule has 0 bridgehead atoms. The molecule has 0 spiro atoms. The van der Waals surface area contributed by atoms with Crippen LogP contribution in [-0.2, 0) is 26.2 Å². The van der Waals surface area contributed by atoms with Crippen molar-refractivity contribution < 1.29 is 9.59 Å². The van der Waals surface area contributed by atoms with Crippen LogP contribution in [0, 0.1) is 0 Å². The highest BCUT2D eigenvalue weighted by Gasteiger charge is 2.37. The van der Waals surface area contributed by atoms with Gasteiger partial charge < -0.3 is 0 Å². The fraction of sp³-hybridized carbons (Fsp3) is 0.467. The van der Waals surface area contributed by atoms with Crippen LogP contribution >= 0.6 is 40.7 Å². The zero-order chi connectivity index (χ0) is 28.8. The van der Waals surface area contributed by atoms with Gasteiger partial charge in [0.05, 0.1) is 35.6 Å². The second kappa shape index (κ2) is 16.3. The van der Waals surface area contributed by atoms with Crippen LogP contribution in [0.4, 0.5) is 0 Å². The highest BCUT2D eigenvalue weighted by molar-refractivity contribution is 9.10. The van der Waals surface area contributed by atoms with Gasteiger partial charge in [-0.25, -0.2) is 5.01 Å². The lowest BCUT2D eigenvalue weighted by atomic mass is 9.95. The van der Waals surface area contributed by atoms with E-state index in [-0.39, 0.29) is 49.7 Å². The third kappa shape index (κ3) is 8.00. The number of aryl methyl sites for hydroxylation is 2. The molecular formula is C30H39BrCl2N8O2. The standard InChI is InChI=1S/C30H37BrN8O2.2ClH/c1-3-5-7-9-16-36-18-22(32-34-36)20-38(21-23-19-37(35-33-23)17-10-8-6-4-2)39-29(40)25-13-11-12-24-27(31)15-14-26(28(24)25)30(39)41;;/h11-15,18-19H,3-10,16-17,20-21H2,1-2H3;2*1H. The number of carbonyl (C=O) groups excluding carboxylic acids is 2. The summed E-state index contributed by atoms with van der Waals surface area (Å²) in [5, 5.41) is 21.8. The van der Waals surface area contributed by atoms with Crippen molar-refractivity contribution in [2.75, 3.05) is 0 Å². The van der Waals surface area contributed by atoms with E-state index in [2.05, 4.69) is 50.4 Å². The summed E-state index contributed by atoms with van der Waals surface area (Å²) >= 11 is 3.57. The minimum Gasteiger partial charge on any atom is -0.267 e. The van der Waals surface area contributed by atoms with Gasteiger partial charge >= 0.3 is 0 Å². The van der Waals surface area contributed by atoms with E-state index in [0.29, 0.717) is 27.9 Å². The number of rotatable bonds is 15. The molecule has 0 aliphatic carbocycles. The molecule has 0 unspecified atom stereocenters. The summed E-state index contributed by atoms with van der Waals surface area (Å²) in [6.07, 6.45) is 12.9. The van der Waals surface area contributed by atoms with Crippen molar-refractivity contribution in [2.45, 2.75) is 91.4 Å². The molecular weight excluding hydrogens is 655 g/mol. The van der Waals surface area contributed by atoms with E-state index in [1.54, 1.807) is 17.1 Å². The predicted octanol–water partition coefficient (Wildman–Crippen LogP) is 7.00. The molecule has 1 aliphatic rings. The van der Waals surface area contributed by atoms with Gasteiger partial charge in [-0.05, 0) is 36.4 Å². The SMILES string of the molecule is CCCCCCn1cc(CN(Cc2cn(CCCCCC)nn2)N2C(=O)c3cccc4c(Br)ccc(c34)C2=O)nn1.Cl.Cl. The number of aromatic nitrogens is 6. The van der Waals surface area contributed by atoms with Crippen LogP contribution in [0.25, 0.3) is 10.8 Å². The molecule has 0 N–H and O–H groups in total. The van der Waals surface area contributed by atoms with Crippen molar-refractivity contribution in [3.05, 3.63) is 69.7 Å². The Labute approximate surface area is 273 Å². The van der Waals surface area contributed by atoms with Crippen molar-refractivity contribution in [2.24, 2.45) is 0 Å². The molecule has 0 atom stereocenters. The molecule has 4 aromatic rings. The summed E-state index contributed by atoms with van der Waals surface area (Å²) in [7, 11) is 0. The average Bonchev–Trinajstić information content (AvgIpc) is 3.62. The smallest absolute Gasteiger partial charge is 0.267 e. The van der Waals surface area contributed by atoms with E-state index in [1.165, 1.54) is 30.7 Å². The van der Waals surface area contributed by atoms with Gasteiger partial charge in [-0.1, -0.05) is 90.9 Å². The van der Waals surface area contributed by atoms with Crippen LogP contribution in [0.2, 0.25) is 0 Å². The molecule has 2 amide bonds. The van der Waals surface area contributed by atoms with Gasteiger partial charge in [0.25, 0.3) is 11.8 Å². The highest BCUT2D eigenvalue weighted by atomic mass is 79.9. The molecule has 232 valence electrons. The lowest BCUT2D eigenvalue weighted by Gasteiger charge is -2.35. The van der Waals surface area contributed by atoms with E-state index in [1.807, 2.05) is 40.0 Å². The van der Waals surface area contributed by atoms with Crippen molar-refractivity contribution >= 4 is 63.3 Å². The number of amides is 2. The van der Waals surface area contributed by atoms with E-state index in [0.717, 1.165) is 48.6 Å². The van der Waals surface area contributed by atoms with Crippen molar-refractivity contribution in [3.8, 4) is 0 Å². The maximum absolute atomic E-state index is 13.9. The van der Waals surface area contributed by atoms with Crippen LogP contribution in [-0.4, -0.2) is 51.8 Å². The predicted molar refractivity (Wildman–Crippen MR) is 174 cm³/mol. The molecule has 0 saturated heterocycles. The quantitative estimate of drug-likeness (QED) is 0.0976. The maximum Gasteiger partial charge on any atom is 0.276 e. The Hall–Kier alpha value is -2.86. The number of imide groups is 1. The van der Waals surface area contributed by atoms with Crippen molar-refractivity contribution in [3.63, 3.8) is 0 Å². The second-order valence-corrected chi connectivity index (χ2v) is 11.5. The highest BCUT2D eigenvalue weighted by Crippen LogP contribution is 2.35. The Bertz CT molecular complexity index is 1450. The summed E-state index contributed by atoms with van der Waals surface area (Å²) in [6.45, 7) is 6.38. The molecule has 13 heteroatoms. The van der Waals surface area contributed by atoms with Crippen molar-refractivity contribution in [1.82, 2.24) is 40.0 Å². The number of halogens is 3. The molecule has 43 heavy (non-hydrogen) atoms. The normalized spacial score (nSPS) is 12.6. The van der Waals surface area contributed by atoms with Gasteiger partial charge in [-0.15, -0.1) is 35.0 Å². The van der Waals surface area contributed by atoms with Crippen LogP contribution in [0.1, 0.15) is 97.3 Å². The van der Waals surface area contributed by atoms with Gasteiger partial charge in [-0.2, -0.15) is 5.01 Å². The number of benzene rings is 2. The second-order valence-electron chi connectivity index (χ2n) is 10.6. The molecule has 3 heterocycles. The zero-order valence-electron chi connectivity index (χ0n) is 24.6. The summed E-state index contributed by atoms with van der Waals surface area (Å²) in [5.41, 5.74) is 2.32. The van der Waals surface area contributed by atoms with Crippen LogP contribution in [0.15, 0.2) is 47.2 Å². The lowest BCUT2D eigenvalue weighted by Crippen LogP contribution is -2.51. The Morgan fingerprint density at radius 1 is 0.721 bits per heavy atom. The Balaban J connectivity index is 0.00000253. The number of carbonyl (C=O) groups is 2. The Kier molecular flexibility index (Phi) is 13.1. The summed E-state index contributed by atoms with van der Waals surface area (Å²) in [6, 6.07) is 9.16. The van der Waals surface area contributed by atoms with Gasteiger partial charge in [0.2, 0.25) is 0 Å². The van der Waals surface area contributed by atoms with Gasteiger partial charge in [-0.3, -0.25) is 19.0 Å². The van der Waals surface area contributed by atoms with Crippen LogP contribution in [0.3, 0.4) is 0 Å². The molecule has 1 aliphatic heterocycles. The maximum atomic E-state index is 13.9. The minimum atomic E-state index is -0.370. The number of unbranched alkanes of at least 4 members (excludes halogenated alkanes) is 6. The third-order valence-electron chi connectivity index (χ3n) is 7.46. The monoisotopic (exact) mass is 692 g/mol. The Morgan fingerprint density at radius 3 is 1.79 bits per heavy atom. The first-order chi connectivity index (χ1) is 20.0. The first kappa shape index (κ1) is 34.6. The van der Waals surface area contributed by atoms with Crippen LogP contribution in [0.5, 0.6) is 0 Å². The summed E-state index contributed by atoms with van der Waals surface area (Å²) in [5.74, 6) is -0.741. The molecule has 0 fully saturated rings. The first-order valence-corrected chi connectivity index (χ1v) is 15.4. The van der Waals surface area contributed by atoms with E-state index in [4.69, 9.17) is 0 Å². The largest absolute Gasteiger partial charge is 0.276 e. The molecule has 5 rings (SSSR count). The molecule has 0 saturated carbocycles. The number of nitrogens with zero attached hydrogens (tertiary/aromatic N) is 8. The van der Waals surface area contributed by atoms with E-state index >= 15 is 0 Å². The molecule has 2 aromatic carbocycles. The fourth-order valence-electron chi connectivity index (χ4n) is 5.32. The van der Waals surface area contributed by atoms with Gasteiger partial charge in [0.15, 0.2) is 0 Å². The van der Waals surface area contributed by atoms with Gasteiger partial charge in [0.1, 0.15) is 0 Å². The first-order valence-electron chi connectivity index (χ1n) is 14.6. The molecule has 0 radical (unpaired) electrons. The number of hydrazine groups is 1. The lowest BCUT2D eigenvalue weighted by molar-refractivity contribution is -0.0130. The minimum absolute atomic E-state index is 0. The zero-order valence-corrected chi connectivity index (χ0v) is 27.8. The Morgan fingerprint density at radius 2 is 1.26 bits per heavy atom. The van der Waals surface area contributed by atoms with E-state index < -0.39 is 0 Å². The average molecular weight is 695 g/mol. The molecule has 2 aromatic heterocycles. The number of hydrogen-bond donors (Lipinski definition) is 0.